The molecule has 158 valence electrons. The number of benzene rings is 2. The summed E-state index contributed by atoms with van der Waals surface area (Å²) in [6.45, 7) is 3.59. The van der Waals surface area contributed by atoms with Gasteiger partial charge in [0.25, 0.3) is 5.91 Å². The Labute approximate surface area is 176 Å². The first-order valence-corrected chi connectivity index (χ1v) is 10.1. The molecule has 30 heavy (non-hydrogen) atoms. The Balaban J connectivity index is 1.61. The highest BCUT2D eigenvalue weighted by atomic mass is 16.5. The minimum Gasteiger partial charge on any atom is -0.491 e. The minimum atomic E-state index is -0.658. The molecule has 2 aromatic carbocycles. The van der Waals surface area contributed by atoms with Crippen molar-refractivity contribution in [1.82, 2.24) is 0 Å². The molecule has 7 nitrogen and oxygen atoms in total. The van der Waals surface area contributed by atoms with Crippen LogP contribution in [0.1, 0.15) is 31.4 Å². The van der Waals surface area contributed by atoms with Crippen molar-refractivity contribution in [1.29, 1.82) is 0 Å². The number of carbonyl (C=O) groups excluding carboxylic acids is 3. The third-order valence-corrected chi connectivity index (χ3v) is 4.95. The van der Waals surface area contributed by atoms with Crippen LogP contribution >= 0.6 is 0 Å². The lowest BCUT2D eigenvalue weighted by Gasteiger charge is -2.21. The molecule has 0 saturated carbocycles. The van der Waals surface area contributed by atoms with Crippen molar-refractivity contribution >= 4 is 29.2 Å². The number of para-hydroxylation sites is 3. The highest BCUT2D eigenvalue weighted by Crippen LogP contribution is 2.30. The number of anilines is 2. The van der Waals surface area contributed by atoms with Gasteiger partial charge >= 0.3 is 5.97 Å². The smallest absolute Gasteiger partial charge is 0.326 e. The van der Waals surface area contributed by atoms with E-state index >= 15 is 0 Å². The van der Waals surface area contributed by atoms with Crippen molar-refractivity contribution in [3.8, 4) is 5.75 Å². The first-order chi connectivity index (χ1) is 14.5. The average molecular weight is 410 g/mol. The van der Waals surface area contributed by atoms with Crippen molar-refractivity contribution < 1.29 is 23.9 Å². The molecule has 3 rings (SSSR count). The maximum absolute atomic E-state index is 12.4. The second-order valence-corrected chi connectivity index (χ2v) is 6.91. The number of aryl methyl sites for hydroxylation is 2. The van der Waals surface area contributed by atoms with Crippen LogP contribution in [-0.4, -0.2) is 37.5 Å². The molecule has 2 aromatic rings. The van der Waals surface area contributed by atoms with Crippen LogP contribution in [0.3, 0.4) is 0 Å². The van der Waals surface area contributed by atoms with E-state index in [-0.39, 0.29) is 25.5 Å². The molecule has 0 atom stereocenters. The number of hydrogen-bond donors (Lipinski definition) is 1. The summed E-state index contributed by atoms with van der Waals surface area (Å²) in [5.41, 5.74) is 3.35. The zero-order valence-corrected chi connectivity index (χ0v) is 17.3. The number of ether oxygens (including phenoxy) is 2. The normalized spacial score (nSPS) is 13.1. The van der Waals surface area contributed by atoms with Crippen LogP contribution in [0.5, 0.6) is 5.75 Å². The number of carbonyl (C=O) groups is 3. The van der Waals surface area contributed by atoms with Crippen LogP contribution in [-0.2, 0) is 32.0 Å². The first-order valence-electron chi connectivity index (χ1n) is 10.1. The summed E-state index contributed by atoms with van der Waals surface area (Å²) in [6, 6.07) is 12.9. The van der Waals surface area contributed by atoms with E-state index in [1.165, 1.54) is 4.90 Å². The number of rotatable bonds is 7. The molecule has 0 spiro atoms. The van der Waals surface area contributed by atoms with Crippen molar-refractivity contribution in [3.05, 3.63) is 53.6 Å². The number of nitrogens with one attached hydrogen (secondary N) is 1. The van der Waals surface area contributed by atoms with Crippen LogP contribution in [0.25, 0.3) is 0 Å². The second kappa shape index (κ2) is 9.91. The molecule has 2 amide bonds. The van der Waals surface area contributed by atoms with Gasteiger partial charge in [0.2, 0.25) is 5.91 Å². The fourth-order valence-corrected chi connectivity index (χ4v) is 3.39. The van der Waals surface area contributed by atoms with Crippen molar-refractivity contribution in [2.24, 2.45) is 0 Å². The first kappa shape index (κ1) is 21.4. The molecular weight excluding hydrogens is 384 g/mol. The molecule has 0 unspecified atom stereocenters. The predicted octanol–water partition coefficient (Wildman–Crippen LogP) is 3.11. The van der Waals surface area contributed by atoms with Crippen LogP contribution in [0.2, 0.25) is 0 Å². The van der Waals surface area contributed by atoms with Gasteiger partial charge in [0.1, 0.15) is 12.3 Å². The summed E-state index contributed by atoms with van der Waals surface area (Å²) >= 11 is 0. The minimum absolute atomic E-state index is 0.163. The summed E-state index contributed by atoms with van der Waals surface area (Å²) in [5, 5.41) is 2.86. The number of fused-ring (bicyclic) bond motifs is 1. The van der Waals surface area contributed by atoms with E-state index in [0.717, 1.165) is 29.7 Å². The topological polar surface area (TPSA) is 84.9 Å². The van der Waals surface area contributed by atoms with Crippen LogP contribution in [0.15, 0.2) is 42.5 Å². The lowest BCUT2D eigenvalue weighted by molar-refractivity contribution is -0.146. The van der Waals surface area contributed by atoms with Gasteiger partial charge in [-0.3, -0.25) is 19.3 Å². The van der Waals surface area contributed by atoms with E-state index in [1.54, 1.807) is 24.3 Å². The van der Waals surface area contributed by atoms with Crippen molar-refractivity contribution in [3.63, 3.8) is 0 Å². The second-order valence-electron chi connectivity index (χ2n) is 6.91. The third-order valence-electron chi connectivity index (χ3n) is 4.95. The fourth-order valence-electron chi connectivity index (χ4n) is 3.39. The van der Waals surface area contributed by atoms with E-state index in [0.29, 0.717) is 11.4 Å². The van der Waals surface area contributed by atoms with E-state index in [9.17, 15) is 14.4 Å². The number of hydrogen-bond acceptors (Lipinski definition) is 5. The molecule has 1 aliphatic rings. The fraction of sp³-hybridized carbons (Fsp3) is 0.348. The molecule has 0 radical (unpaired) electrons. The summed E-state index contributed by atoms with van der Waals surface area (Å²) in [4.78, 5) is 38.4. The van der Waals surface area contributed by atoms with Crippen LogP contribution < -0.4 is 15.0 Å². The van der Waals surface area contributed by atoms with E-state index in [2.05, 4.69) is 5.32 Å². The Morgan fingerprint density at radius 3 is 2.47 bits per heavy atom. The molecule has 1 N–H and O–H groups in total. The molecular formula is C23H26N2O5. The lowest BCUT2D eigenvalue weighted by atomic mass is 10.0. The Morgan fingerprint density at radius 2 is 1.77 bits per heavy atom. The number of amides is 2. The Kier molecular flexibility index (Phi) is 7.06. The molecule has 1 heterocycles. The van der Waals surface area contributed by atoms with Gasteiger partial charge in [-0.15, -0.1) is 0 Å². The molecule has 0 fully saturated rings. The zero-order valence-electron chi connectivity index (χ0n) is 17.3. The molecule has 7 heteroatoms. The molecule has 0 bridgehead atoms. The monoisotopic (exact) mass is 410 g/mol. The van der Waals surface area contributed by atoms with Crippen molar-refractivity contribution in [2.75, 3.05) is 30.0 Å². The Morgan fingerprint density at radius 1 is 1.07 bits per heavy atom. The van der Waals surface area contributed by atoms with E-state index in [1.807, 2.05) is 32.0 Å². The van der Waals surface area contributed by atoms with Gasteiger partial charge in [0.05, 0.1) is 18.7 Å². The van der Waals surface area contributed by atoms with Gasteiger partial charge in [0.15, 0.2) is 6.61 Å². The molecule has 0 saturated heterocycles. The lowest BCUT2D eigenvalue weighted by Crippen LogP contribution is -2.37. The molecule has 1 aliphatic heterocycles. The Hall–Kier alpha value is -3.35. The predicted molar refractivity (Wildman–Crippen MR) is 114 cm³/mol. The largest absolute Gasteiger partial charge is 0.491 e. The van der Waals surface area contributed by atoms with Gasteiger partial charge in [-0.05, 0) is 36.1 Å². The maximum Gasteiger partial charge on any atom is 0.326 e. The van der Waals surface area contributed by atoms with Gasteiger partial charge in [-0.1, -0.05) is 44.2 Å². The van der Waals surface area contributed by atoms with Crippen LogP contribution in [0.4, 0.5) is 11.4 Å². The number of esters is 1. The zero-order chi connectivity index (χ0) is 21.5. The quantitative estimate of drug-likeness (QED) is 0.709. The number of nitrogens with zero attached hydrogens (tertiary/aromatic N) is 1. The summed E-state index contributed by atoms with van der Waals surface area (Å²) in [7, 11) is 0. The van der Waals surface area contributed by atoms with E-state index in [4.69, 9.17) is 9.47 Å². The van der Waals surface area contributed by atoms with E-state index < -0.39 is 18.5 Å². The summed E-state index contributed by atoms with van der Waals surface area (Å²) < 4.78 is 10.7. The SMILES string of the molecule is CCc1cccc(CC)c1NC(=O)COC(=O)CN1C(=O)CCOc2ccccc21. The standard InChI is InChI=1S/C23H26N2O5/c1-3-16-8-7-9-17(4-2)23(16)24-20(26)15-30-22(28)14-25-18-10-5-6-11-19(18)29-13-12-21(25)27/h5-11H,3-4,12-15H2,1-2H3,(H,24,26). The summed E-state index contributed by atoms with van der Waals surface area (Å²) in [6.07, 6.45) is 1.72. The van der Waals surface area contributed by atoms with Gasteiger partial charge in [0, 0.05) is 5.69 Å². The van der Waals surface area contributed by atoms with Crippen molar-refractivity contribution in [2.45, 2.75) is 33.1 Å². The maximum atomic E-state index is 12.4. The van der Waals surface area contributed by atoms with Crippen LogP contribution in [0, 0.1) is 0 Å². The van der Waals surface area contributed by atoms with Gasteiger partial charge in [-0.2, -0.15) is 0 Å². The highest BCUT2D eigenvalue weighted by Gasteiger charge is 2.26. The van der Waals surface area contributed by atoms with Gasteiger partial charge in [-0.25, -0.2) is 0 Å². The molecule has 0 aromatic heterocycles. The third kappa shape index (κ3) is 4.97. The summed E-state index contributed by atoms with van der Waals surface area (Å²) in [5.74, 6) is -0.762. The van der Waals surface area contributed by atoms with Gasteiger partial charge < -0.3 is 14.8 Å². The highest BCUT2D eigenvalue weighted by molar-refractivity contribution is 6.00. The molecule has 0 aliphatic carbocycles. The Bertz CT molecular complexity index is 919. The average Bonchev–Trinajstić information content (AvgIpc) is 2.91.